The van der Waals surface area contributed by atoms with Crippen LogP contribution in [0.2, 0.25) is 0 Å². The summed E-state index contributed by atoms with van der Waals surface area (Å²) < 4.78 is 28.5. The van der Waals surface area contributed by atoms with Gasteiger partial charge in [-0.15, -0.1) is 0 Å². The van der Waals surface area contributed by atoms with Crippen LogP contribution in [0.4, 0.5) is 0 Å². The van der Waals surface area contributed by atoms with E-state index in [1.54, 1.807) is 19.2 Å². The average molecular weight is 549 g/mol. The second-order valence-corrected chi connectivity index (χ2v) is 9.82. The molecular formula is C31H32O9. The highest BCUT2D eigenvalue weighted by molar-refractivity contribution is 5.78. The zero-order chi connectivity index (χ0) is 28.2. The first-order valence-corrected chi connectivity index (χ1v) is 13.3. The summed E-state index contributed by atoms with van der Waals surface area (Å²) in [7, 11) is 1.54. The minimum atomic E-state index is -0.951. The van der Waals surface area contributed by atoms with Crippen LogP contribution in [-0.2, 0) is 9.59 Å². The molecule has 210 valence electrons. The zero-order valence-corrected chi connectivity index (χ0v) is 22.4. The highest BCUT2D eigenvalue weighted by Gasteiger charge is 2.48. The minimum absolute atomic E-state index is 0.0341. The molecule has 3 atom stereocenters. The van der Waals surface area contributed by atoms with Gasteiger partial charge in [0.1, 0.15) is 17.2 Å². The van der Waals surface area contributed by atoms with Crippen LogP contribution in [0.3, 0.4) is 0 Å². The van der Waals surface area contributed by atoms with E-state index < -0.39 is 29.7 Å². The molecule has 0 aromatic heterocycles. The lowest BCUT2D eigenvalue weighted by atomic mass is 9.79. The van der Waals surface area contributed by atoms with Gasteiger partial charge in [-0.1, -0.05) is 25.1 Å². The summed E-state index contributed by atoms with van der Waals surface area (Å²) in [5, 5.41) is 19.7. The Balaban J connectivity index is 1.63. The van der Waals surface area contributed by atoms with Crippen LogP contribution in [0.5, 0.6) is 28.7 Å². The van der Waals surface area contributed by atoms with Crippen molar-refractivity contribution in [1.82, 2.24) is 0 Å². The van der Waals surface area contributed by atoms with Gasteiger partial charge in [0.05, 0.1) is 26.2 Å². The molecule has 1 aliphatic heterocycles. The van der Waals surface area contributed by atoms with Crippen molar-refractivity contribution in [2.24, 2.45) is 5.92 Å². The van der Waals surface area contributed by atoms with Crippen molar-refractivity contribution in [3.05, 3.63) is 76.9 Å². The second-order valence-electron chi connectivity index (χ2n) is 9.82. The van der Waals surface area contributed by atoms with Gasteiger partial charge < -0.3 is 33.9 Å². The largest absolute Gasteiger partial charge is 0.497 e. The predicted molar refractivity (Wildman–Crippen MR) is 145 cm³/mol. The molecule has 3 unspecified atom stereocenters. The van der Waals surface area contributed by atoms with Gasteiger partial charge in [0.25, 0.3) is 0 Å². The molecule has 3 aromatic carbocycles. The fraction of sp³-hybridized carbons (Fsp3) is 0.355. The quantitative estimate of drug-likeness (QED) is 0.285. The van der Waals surface area contributed by atoms with E-state index in [1.807, 2.05) is 49.4 Å². The lowest BCUT2D eigenvalue weighted by Gasteiger charge is -2.25. The molecule has 1 heterocycles. The van der Waals surface area contributed by atoms with Crippen molar-refractivity contribution in [2.75, 3.05) is 27.1 Å². The number of carboxylic acids is 2. The molecule has 1 aliphatic carbocycles. The first-order chi connectivity index (χ1) is 19.4. The maximum Gasteiger partial charge on any atom is 0.308 e. The Labute approximate surface area is 232 Å². The summed E-state index contributed by atoms with van der Waals surface area (Å²) in [6, 6.07) is 16.6. The van der Waals surface area contributed by atoms with Gasteiger partial charge in [-0.3, -0.25) is 9.59 Å². The summed E-state index contributed by atoms with van der Waals surface area (Å²) >= 11 is 0. The number of fused-ring (bicyclic) bond motifs is 2. The fourth-order valence-electron chi connectivity index (χ4n) is 5.56. The number of aliphatic carboxylic acids is 2. The number of hydrogen-bond donors (Lipinski definition) is 2. The van der Waals surface area contributed by atoms with Gasteiger partial charge >= 0.3 is 11.9 Å². The van der Waals surface area contributed by atoms with Crippen molar-refractivity contribution in [3.8, 4) is 28.7 Å². The maximum atomic E-state index is 13.1. The van der Waals surface area contributed by atoms with Crippen molar-refractivity contribution in [1.29, 1.82) is 0 Å². The molecule has 0 amide bonds. The Morgan fingerprint density at radius 1 is 0.850 bits per heavy atom. The van der Waals surface area contributed by atoms with Crippen LogP contribution in [0.1, 0.15) is 60.3 Å². The van der Waals surface area contributed by atoms with Gasteiger partial charge in [0.15, 0.2) is 11.5 Å². The van der Waals surface area contributed by atoms with Crippen LogP contribution in [0, 0.1) is 5.92 Å². The summed E-state index contributed by atoms with van der Waals surface area (Å²) in [6.45, 7) is 2.85. The second kappa shape index (κ2) is 11.8. The van der Waals surface area contributed by atoms with Crippen LogP contribution in [-0.4, -0.2) is 49.3 Å². The third-order valence-corrected chi connectivity index (χ3v) is 7.31. The summed E-state index contributed by atoms with van der Waals surface area (Å²) in [4.78, 5) is 24.1. The number of ether oxygens (including phenoxy) is 5. The van der Waals surface area contributed by atoms with E-state index >= 15 is 0 Å². The van der Waals surface area contributed by atoms with E-state index in [4.69, 9.17) is 28.8 Å². The summed E-state index contributed by atoms with van der Waals surface area (Å²) in [5.74, 6) is -0.897. The SMILES string of the molecule is CCCOc1ccc2c(c1)C(c1ccc(OC)cc1OCCCC(=O)O)C(C(=O)O)C2c1ccc2c(c1)OCO2. The Kier molecular flexibility index (Phi) is 8.00. The smallest absolute Gasteiger partial charge is 0.308 e. The van der Waals surface area contributed by atoms with Gasteiger partial charge in [-0.2, -0.15) is 0 Å². The normalized spacial score (nSPS) is 18.7. The number of benzene rings is 3. The molecule has 0 saturated carbocycles. The van der Waals surface area contributed by atoms with Crippen molar-refractivity contribution < 1.29 is 43.5 Å². The van der Waals surface area contributed by atoms with E-state index in [1.165, 1.54) is 0 Å². The third-order valence-electron chi connectivity index (χ3n) is 7.31. The Bertz CT molecular complexity index is 1400. The lowest BCUT2D eigenvalue weighted by Crippen LogP contribution is -2.24. The first kappa shape index (κ1) is 27.2. The average Bonchev–Trinajstić information content (AvgIpc) is 3.56. The topological polar surface area (TPSA) is 121 Å². The molecule has 3 aromatic rings. The van der Waals surface area contributed by atoms with E-state index in [9.17, 15) is 14.7 Å². The van der Waals surface area contributed by atoms with E-state index in [0.29, 0.717) is 47.3 Å². The molecule has 40 heavy (non-hydrogen) atoms. The zero-order valence-electron chi connectivity index (χ0n) is 22.4. The van der Waals surface area contributed by atoms with Crippen LogP contribution < -0.4 is 23.7 Å². The molecule has 0 fully saturated rings. The number of hydrogen-bond acceptors (Lipinski definition) is 7. The predicted octanol–water partition coefficient (Wildman–Crippen LogP) is 5.43. The molecule has 2 N–H and O–H groups in total. The molecule has 0 radical (unpaired) electrons. The molecule has 9 heteroatoms. The number of carbonyl (C=O) groups is 2. The molecule has 0 bridgehead atoms. The van der Waals surface area contributed by atoms with Gasteiger partial charge in [0, 0.05) is 29.9 Å². The first-order valence-electron chi connectivity index (χ1n) is 13.3. The summed E-state index contributed by atoms with van der Waals surface area (Å²) in [5.41, 5.74) is 3.21. The van der Waals surface area contributed by atoms with Crippen LogP contribution in [0.25, 0.3) is 0 Å². The number of methoxy groups -OCH3 is 1. The molecular weight excluding hydrogens is 516 g/mol. The van der Waals surface area contributed by atoms with Crippen molar-refractivity contribution >= 4 is 11.9 Å². The molecule has 0 saturated heterocycles. The minimum Gasteiger partial charge on any atom is -0.497 e. The van der Waals surface area contributed by atoms with E-state index in [-0.39, 0.29) is 19.8 Å². The molecule has 5 rings (SSSR count). The van der Waals surface area contributed by atoms with Gasteiger partial charge in [-0.25, -0.2) is 0 Å². The highest BCUT2D eigenvalue weighted by atomic mass is 16.7. The van der Waals surface area contributed by atoms with Crippen LogP contribution in [0.15, 0.2) is 54.6 Å². The van der Waals surface area contributed by atoms with Gasteiger partial charge in [-0.05, 0) is 59.9 Å². The maximum absolute atomic E-state index is 13.1. The third kappa shape index (κ3) is 5.36. The molecule has 0 spiro atoms. The highest BCUT2D eigenvalue weighted by Crippen LogP contribution is 2.56. The molecule has 9 nitrogen and oxygen atoms in total. The van der Waals surface area contributed by atoms with E-state index in [2.05, 4.69) is 0 Å². The Morgan fingerprint density at radius 3 is 2.38 bits per heavy atom. The van der Waals surface area contributed by atoms with Gasteiger partial charge in [0.2, 0.25) is 6.79 Å². The van der Waals surface area contributed by atoms with Crippen LogP contribution >= 0.6 is 0 Å². The fourth-order valence-corrected chi connectivity index (χ4v) is 5.56. The standard InChI is InChI=1S/C31H32O9/c1-3-12-37-20-8-9-21-23(15-20)29(22-10-7-19(36-2)16-25(22)38-13-4-5-27(32)33)30(31(34)35)28(21)18-6-11-24-26(14-18)40-17-39-24/h6-11,14-16,28-30H,3-5,12-13,17H2,1-2H3,(H,32,33)(H,34,35). The monoisotopic (exact) mass is 548 g/mol. The lowest BCUT2D eigenvalue weighted by molar-refractivity contribution is -0.142. The Morgan fingerprint density at radius 2 is 1.62 bits per heavy atom. The van der Waals surface area contributed by atoms with Crippen molar-refractivity contribution in [2.45, 2.75) is 38.0 Å². The Hall–Kier alpha value is -4.40. The number of carboxylic acid groups (broad SMARTS) is 2. The number of rotatable bonds is 12. The summed E-state index contributed by atoms with van der Waals surface area (Å²) in [6.07, 6.45) is 1.11. The molecule has 2 aliphatic rings. The van der Waals surface area contributed by atoms with E-state index in [0.717, 1.165) is 23.1 Å². The van der Waals surface area contributed by atoms with Crippen molar-refractivity contribution in [3.63, 3.8) is 0 Å².